The second-order valence-corrected chi connectivity index (χ2v) is 7.11. The third-order valence-corrected chi connectivity index (χ3v) is 5.26. The number of hydrogen-bond acceptors (Lipinski definition) is 4. The van der Waals surface area contributed by atoms with Crippen molar-refractivity contribution < 1.29 is 14.3 Å². The second kappa shape index (κ2) is 7.30. The molecule has 1 aromatic rings. The van der Waals surface area contributed by atoms with Gasteiger partial charge in [-0.25, -0.2) is 4.79 Å². The third kappa shape index (κ3) is 3.38. The van der Waals surface area contributed by atoms with E-state index in [1.165, 1.54) is 0 Å². The fourth-order valence-electron chi connectivity index (χ4n) is 3.68. The van der Waals surface area contributed by atoms with Gasteiger partial charge in [-0.2, -0.15) is 0 Å². The van der Waals surface area contributed by atoms with Crippen LogP contribution < -0.4 is 0 Å². The Hall–Kier alpha value is -1.65. The zero-order chi connectivity index (χ0) is 18.1. The Kier molecular flexibility index (Phi) is 5.30. The minimum Gasteiger partial charge on any atom is -0.463 e. The number of rotatable bonds is 3. The fourth-order valence-corrected chi connectivity index (χ4v) is 4.21. The molecule has 1 fully saturated rings. The van der Waals surface area contributed by atoms with E-state index in [4.69, 9.17) is 27.9 Å². The largest absolute Gasteiger partial charge is 0.463 e. The highest BCUT2D eigenvalue weighted by molar-refractivity contribution is 6.35. The topological polar surface area (TPSA) is 55.7 Å². The molecular weight excluding hydrogens is 361 g/mol. The number of carbonyl (C=O) groups excluding carboxylic acids is 2. The third-order valence-electron chi connectivity index (χ3n) is 4.70. The predicted molar refractivity (Wildman–Crippen MR) is 98.3 cm³/mol. The van der Waals surface area contributed by atoms with Crippen LogP contribution in [0, 0.1) is 5.92 Å². The Bertz CT molecular complexity index is 798. The van der Waals surface area contributed by atoms with E-state index < -0.39 is 17.8 Å². The second-order valence-electron chi connectivity index (χ2n) is 6.26. The zero-order valence-corrected chi connectivity index (χ0v) is 15.7. The molecule has 2 atom stereocenters. The summed E-state index contributed by atoms with van der Waals surface area (Å²) in [4.78, 5) is 29.9. The lowest BCUT2D eigenvalue weighted by atomic mass is 9.69. The van der Waals surface area contributed by atoms with Gasteiger partial charge in [0.05, 0.1) is 18.1 Å². The lowest BCUT2D eigenvalue weighted by molar-refractivity contribution is -0.139. The molecule has 2 aliphatic rings. The molecule has 132 valence electrons. The molecule has 3 rings (SSSR count). The summed E-state index contributed by atoms with van der Waals surface area (Å²) in [5.41, 5.74) is 2.55. The van der Waals surface area contributed by atoms with E-state index in [-0.39, 0.29) is 12.4 Å². The van der Waals surface area contributed by atoms with E-state index in [1.807, 2.05) is 0 Å². The van der Waals surface area contributed by atoms with Crippen LogP contribution in [-0.2, 0) is 14.3 Å². The van der Waals surface area contributed by atoms with Gasteiger partial charge >= 0.3 is 5.97 Å². The molecule has 1 aliphatic carbocycles. The highest BCUT2D eigenvalue weighted by Crippen LogP contribution is 2.45. The molecule has 1 saturated carbocycles. The van der Waals surface area contributed by atoms with Gasteiger partial charge in [-0.05, 0) is 44.4 Å². The highest BCUT2D eigenvalue weighted by atomic mass is 35.5. The number of esters is 1. The number of ether oxygens (including phenoxy) is 1. The molecule has 0 N–H and O–H groups in total. The SMILES string of the molecule is CCOC(=O)C1=C(C)N=C2CCCC(=O)C2C1c1ccc(Cl)cc1Cl. The van der Waals surface area contributed by atoms with Crippen LogP contribution in [0.3, 0.4) is 0 Å². The fraction of sp³-hybridized carbons (Fsp3) is 0.421. The van der Waals surface area contributed by atoms with Crippen LogP contribution >= 0.6 is 23.2 Å². The van der Waals surface area contributed by atoms with E-state index >= 15 is 0 Å². The van der Waals surface area contributed by atoms with Crippen molar-refractivity contribution in [1.82, 2.24) is 0 Å². The maximum Gasteiger partial charge on any atom is 0.336 e. The van der Waals surface area contributed by atoms with Gasteiger partial charge in [0, 0.05) is 33.8 Å². The summed E-state index contributed by atoms with van der Waals surface area (Å²) in [5.74, 6) is -1.30. The molecule has 0 amide bonds. The maximum absolute atomic E-state index is 12.7. The predicted octanol–water partition coefficient (Wildman–Crippen LogP) is 4.74. The van der Waals surface area contributed by atoms with Crippen LogP contribution in [0.5, 0.6) is 0 Å². The lowest BCUT2D eigenvalue weighted by Gasteiger charge is -2.35. The van der Waals surface area contributed by atoms with Crippen molar-refractivity contribution in [2.45, 2.75) is 39.0 Å². The lowest BCUT2D eigenvalue weighted by Crippen LogP contribution is -2.39. The quantitative estimate of drug-likeness (QED) is 0.712. The molecule has 0 radical (unpaired) electrons. The number of nitrogens with zero attached hydrogens (tertiary/aromatic N) is 1. The van der Waals surface area contributed by atoms with Crippen molar-refractivity contribution in [3.63, 3.8) is 0 Å². The van der Waals surface area contributed by atoms with Gasteiger partial charge in [0.25, 0.3) is 0 Å². The van der Waals surface area contributed by atoms with E-state index in [2.05, 4.69) is 4.99 Å². The standard InChI is InChI=1S/C19H19Cl2NO3/c1-3-25-19(24)16-10(2)22-14-5-4-6-15(23)18(14)17(16)12-8-7-11(20)9-13(12)21/h7-9,17-18H,3-6H2,1-2H3. The molecule has 0 aromatic heterocycles. The molecule has 4 nitrogen and oxygen atoms in total. The molecule has 1 aromatic carbocycles. The minimum absolute atomic E-state index is 0.0929. The first kappa shape index (κ1) is 18.2. The van der Waals surface area contributed by atoms with Gasteiger partial charge in [-0.15, -0.1) is 0 Å². The summed E-state index contributed by atoms with van der Waals surface area (Å²) < 4.78 is 5.24. The van der Waals surface area contributed by atoms with Crippen LogP contribution in [0.2, 0.25) is 10.0 Å². The van der Waals surface area contributed by atoms with Gasteiger partial charge in [-0.3, -0.25) is 9.79 Å². The van der Waals surface area contributed by atoms with E-state index in [9.17, 15) is 9.59 Å². The summed E-state index contributed by atoms with van der Waals surface area (Å²) in [7, 11) is 0. The summed E-state index contributed by atoms with van der Waals surface area (Å²) in [6.45, 7) is 3.79. The van der Waals surface area contributed by atoms with E-state index in [0.29, 0.717) is 33.3 Å². The number of carbonyl (C=O) groups is 2. The smallest absolute Gasteiger partial charge is 0.336 e. The number of hydrogen-bond donors (Lipinski definition) is 0. The first-order valence-electron chi connectivity index (χ1n) is 8.37. The number of aliphatic imine (C=N–C) groups is 1. The monoisotopic (exact) mass is 379 g/mol. The van der Waals surface area contributed by atoms with Gasteiger partial charge in [0.2, 0.25) is 0 Å². The van der Waals surface area contributed by atoms with E-state index in [0.717, 1.165) is 18.6 Å². The Morgan fingerprint density at radius 3 is 2.72 bits per heavy atom. The normalized spacial score (nSPS) is 23.2. The molecule has 0 spiro atoms. The van der Waals surface area contributed by atoms with Crippen molar-refractivity contribution in [3.05, 3.63) is 45.1 Å². The molecule has 1 heterocycles. The molecule has 0 bridgehead atoms. The molecule has 2 unspecified atom stereocenters. The van der Waals surface area contributed by atoms with Gasteiger partial charge in [-0.1, -0.05) is 29.3 Å². The van der Waals surface area contributed by atoms with Crippen molar-refractivity contribution in [1.29, 1.82) is 0 Å². The number of allylic oxidation sites excluding steroid dienone is 1. The van der Waals surface area contributed by atoms with Crippen molar-refractivity contribution in [2.75, 3.05) is 6.61 Å². The first-order valence-corrected chi connectivity index (χ1v) is 9.12. The summed E-state index contributed by atoms with van der Waals surface area (Å²) in [5, 5.41) is 0.943. The summed E-state index contributed by atoms with van der Waals surface area (Å²) >= 11 is 12.4. The number of Topliss-reactive ketones (excluding diaryl/α,β-unsaturated/α-hetero) is 1. The Labute approximate surface area is 156 Å². The van der Waals surface area contributed by atoms with Crippen molar-refractivity contribution in [2.24, 2.45) is 10.9 Å². The number of halogens is 2. The highest BCUT2D eigenvalue weighted by Gasteiger charge is 2.44. The average molecular weight is 380 g/mol. The Morgan fingerprint density at radius 2 is 2.04 bits per heavy atom. The summed E-state index contributed by atoms with van der Waals surface area (Å²) in [6.07, 6.45) is 2.03. The molecular formula is C19H19Cl2NO3. The van der Waals surface area contributed by atoms with Gasteiger partial charge in [0.15, 0.2) is 0 Å². The molecule has 0 saturated heterocycles. The molecule has 6 heteroatoms. The number of ketones is 1. The average Bonchev–Trinajstić information content (AvgIpc) is 2.54. The van der Waals surface area contributed by atoms with Crippen LogP contribution in [0.1, 0.15) is 44.6 Å². The first-order chi connectivity index (χ1) is 11.9. The number of fused-ring (bicyclic) bond motifs is 1. The zero-order valence-electron chi connectivity index (χ0n) is 14.1. The summed E-state index contributed by atoms with van der Waals surface area (Å²) in [6, 6.07) is 5.14. The van der Waals surface area contributed by atoms with Crippen LogP contribution in [-0.4, -0.2) is 24.1 Å². The van der Waals surface area contributed by atoms with E-state index in [1.54, 1.807) is 32.0 Å². The van der Waals surface area contributed by atoms with Crippen LogP contribution in [0.25, 0.3) is 0 Å². The molecule has 1 aliphatic heterocycles. The minimum atomic E-state index is -0.482. The Balaban J connectivity index is 2.19. The van der Waals surface area contributed by atoms with Crippen LogP contribution in [0.15, 0.2) is 34.5 Å². The maximum atomic E-state index is 12.7. The Morgan fingerprint density at radius 1 is 1.28 bits per heavy atom. The van der Waals surface area contributed by atoms with Crippen molar-refractivity contribution in [3.8, 4) is 0 Å². The van der Waals surface area contributed by atoms with Crippen molar-refractivity contribution >= 4 is 40.7 Å². The van der Waals surface area contributed by atoms with Gasteiger partial charge in [0.1, 0.15) is 5.78 Å². The number of benzene rings is 1. The molecule has 25 heavy (non-hydrogen) atoms. The van der Waals surface area contributed by atoms with Crippen LogP contribution in [0.4, 0.5) is 0 Å². The van der Waals surface area contributed by atoms with Gasteiger partial charge < -0.3 is 4.74 Å².